The van der Waals surface area contributed by atoms with Crippen molar-refractivity contribution in [1.29, 1.82) is 0 Å². The summed E-state index contributed by atoms with van der Waals surface area (Å²) in [4.78, 5) is 12.0. The van der Waals surface area contributed by atoms with Crippen LogP contribution in [0, 0.1) is 12.3 Å². The number of carbonyl (C=O) groups is 1. The monoisotopic (exact) mass is 234 g/mol. The van der Waals surface area contributed by atoms with Crippen molar-refractivity contribution in [3.05, 3.63) is 29.8 Å². The average Bonchev–Trinajstić information content (AvgIpc) is 2.36. The molecule has 2 heteroatoms. The summed E-state index contributed by atoms with van der Waals surface area (Å²) < 4.78 is 5.52. The molecular weight excluding hydrogens is 212 g/mol. The van der Waals surface area contributed by atoms with Crippen molar-refractivity contribution in [3.8, 4) is 5.75 Å². The van der Waals surface area contributed by atoms with E-state index in [4.69, 9.17) is 4.74 Å². The van der Waals surface area contributed by atoms with Crippen molar-refractivity contribution in [3.63, 3.8) is 0 Å². The standard InChI is InChI=1S/C15H22O2/c1-5-15(4,6-2)14(16)11-17-13-9-7-12(3)8-10-13/h7-10H,5-6,11H2,1-4H3. The van der Waals surface area contributed by atoms with Crippen molar-refractivity contribution < 1.29 is 9.53 Å². The largest absolute Gasteiger partial charge is 0.486 e. The maximum atomic E-state index is 12.0. The van der Waals surface area contributed by atoms with Gasteiger partial charge in [0, 0.05) is 5.41 Å². The minimum Gasteiger partial charge on any atom is -0.486 e. The van der Waals surface area contributed by atoms with Crippen LogP contribution in [0.25, 0.3) is 0 Å². The molecule has 1 aromatic carbocycles. The number of hydrogen-bond donors (Lipinski definition) is 0. The summed E-state index contributed by atoms with van der Waals surface area (Å²) in [6, 6.07) is 7.77. The maximum Gasteiger partial charge on any atom is 0.176 e. The molecule has 0 atom stereocenters. The van der Waals surface area contributed by atoms with E-state index in [2.05, 4.69) is 0 Å². The lowest BCUT2D eigenvalue weighted by atomic mass is 9.81. The highest BCUT2D eigenvalue weighted by molar-refractivity contribution is 5.85. The topological polar surface area (TPSA) is 26.3 Å². The molecular formula is C15H22O2. The Kier molecular flexibility index (Phi) is 4.73. The summed E-state index contributed by atoms with van der Waals surface area (Å²) in [7, 11) is 0. The molecule has 1 rings (SSSR count). The highest BCUT2D eigenvalue weighted by atomic mass is 16.5. The predicted octanol–water partition coefficient (Wildman–Crippen LogP) is 3.77. The van der Waals surface area contributed by atoms with Crippen LogP contribution in [0.4, 0.5) is 0 Å². The zero-order chi connectivity index (χ0) is 12.9. The first kappa shape index (κ1) is 13.8. The van der Waals surface area contributed by atoms with E-state index in [0.29, 0.717) is 0 Å². The van der Waals surface area contributed by atoms with E-state index in [9.17, 15) is 4.79 Å². The van der Waals surface area contributed by atoms with E-state index in [1.54, 1.807) is 0 Å². The van der Waals surface area contributed by atoms with Crippen LogP contribution in [-0.2, 0) is 4.79 Å². The van der Waals surface area contributed by atoms with Crippen molar-refractivity contribution in [2.24, 2.45) is 5.41 Å². The van der Waals surface area contributed by atoms with Gasteiger partial charge in [-0.2, -0.15) is 0 Å². The van der Waals surface area contributed by atoms with Gasteiger partial charge in [-0.1, -0.05) is 38.5 Å². The van der Waals surface area contributed by atoms with E-state index < -0.39 is 0 Å². The van der Waals surface area contributed by atoms with Gasteiger partial charge in [-0.15, -0.1) is 0 Å². The third-order valence-corrected chi connectivity index (χ3v) is 3.62. The Morgan fingerprint density at radius 1 is 1.18 bits per heavy atom. The number of ether oxygens (including phenoxy) is 1. The van der Waals surface area contributed by atoms with Gasteiger partial charge in [-0.3, -0.25) is 4.79 Å². The molecule has 0 spiro atoms. The van der Waals surface area contributed by atoms with Crippen LogP contribution in [0.3, 0.4) is 0 Å². The fourth-order valence-corrected chi connectivity index (χ4v) is 1.60. The highest BCUT2D eigenvalue weighted by Crippen LogP contribution is 2.26. The SMILES string of the molecule is CCC(C)(CC)C(=O)COc1ccc(C)cc1. The van der Waals surface area contributed by atoms with Crippen LogP contribution in [0.5, 0.6) is 5.75 Å². The molecule has 2 nitrogen and oxygen atoms in total. The van der Waals surface area contributed by atoms with Gasteiger partial charge in [-0.05, 0) is 31.9 Å². The third kappa shape index (κ3) is 3.58. The van der Waals surface area contributed by atoms with Crippen molar-refractivity contribution in [2.75, 3.05) is 6.61 Å². The van der Waals surface area contributed by atoms with Gasteiger partial charge in [0.25, 0.3) is 0 Å². The van der Waals surface area contributed by atoms with E-state index in [1.165, 1.54) is 5.56 Å². The van der Waals surface area contributed by atoms with Crippen molar-refractivity contribution >= 4 is 5.78 Å². The van der Waals surface area contributed by atoms with Crippen LogP contribution >= 0.6 is 0 Å². The molecule has 0 N–H and O–H groups in total. The summed E-state index contributed by atoms with van der Waals surface area (Å²) in [6.45, 7) is 8.30. The second-order valence-corrected chi connectivity index (χ2v) is 4.79. The number of benzene rings is 1. The Morgan fingerprint density at radius 2 is 1.71 bits per heavy atom. The molecule has 0 radical (unpaired) electrons. The highest BCUT2D eigenvalue weighted by Gasteiger charge is 2.29. The molecule has 0 aliphatic carbocycles. The fourth-order valence-electron chi connectivity index (χ4n) is 1.60. The minimum atomic E-state index is -0.245. The smallest absolute Gasteiger partial charge is 0.176 e. The zero-order valence-electron chi connectivity index (χ0n) is 11.2. The Morgan fingerprint density at radius 3 is 2.18 bits per heavy atom. The lowest BCUT2D eigenvalue weighted by molar-refractivity contribution is -0.130. The quantitative estimate of drug-likeness (QED) is 0.749. The van der Waals surface area contributed by atoms with E-state index in [0.717, 1.165) is 18.6 Å². The summed E-state index contributed by atoms with van der Waals surface area (Å²) in [6.07, 6.45) is 1.72. The summed E-state index contributed by atoms with van der Waals surface area (Å²) in [5.74, 6) is 0.946. The van der Waals surface area contributed by atoms with E-state index in [1.807, 2.05) is 52.0 Å². The van der Waals surface area contributed by atoms with Crippen LogP contribution in [-0.4, -0.2) is 12.4 Å². The van der Waals surface area contributed by atoms with Gasteiger partial charge in [0.1, 0.15) is 12.4 Å². The van der Waals surface area contributed by atoms with Gasteiger partial charge in [0.15, 0.2) is 5.78 Å². The molecule has 0 saturated carbocycles. The third-order valence-electron chi connectivity index (χ3n) is 3.62. The van der Waals surface area contributed by atoms with Gasteiger partial charge in [0.2, 0.25) is 0 Å². The van der Waals surface area contributed by atoms with Crippen LogP contribution < -0.4 is 4.74 Å². The first-order chi connectivity index (χ1) is 8.01. The summed E-state index contributed by atoms with van der Waals surface area (Å²) in [5, 5.41) is 0. The Hall–Kier alpha value is -1.31. The first-order valence-electron chi connectivity index (χ1n) is 6.24. The Labute approximate surface area is 104 Å². The summed E-state index contributed by atoms with van der Waals surface area (Å²) >= 11 is 0. The second kappa shape index (κ2) is 5.85. The molecule has 0 fully saturated rings. The maximum absolute atomic E-state index is 12.0. The normalized spacial score (nSPS) is 11.3. The molecule has 0 bridgehead atoms. The second-order valence-electron chi connectivity index (χ2n) is 4.79. The lowest BCUT2D eigenvalue weighted by Gasteiger charge is -2.24. The van der Waals surface area contributed by atoms with Crippen LogP contribution in [0.15, 0.2) is 24.3 Å². The molecule has 0 heterocycles. The molecule has 0 aliphatic heterocycles. The zero-order valence-corrected chi connectivity index (χ0v) is 11.2. The van der Waals surface area contributed by atoms with Crippen molar-refractivity contribution in [2.45, 2.75) is 40.5 Å². The first-order valence-corrected chi connectivity index (χ1v) is 6.24. The van der Waals surface area contributed by atoms with Gasteiger partial charge >= 0.3 is 0 Å². The van der Waals surface area contributed by atoms with Gasteiger partial charge < -0.3 is 4.74 Å². The molecule has 0 saturated heterocycles. The number of hydrogen-bond acceptors (Lipinski definition) is 2. The number of rotatable bonds is 6. The van der Waals surface area contributed by atoms with Crippen LogP contribution in [0.1, 0.15) is 39.2 Å². The van der Waals surface area contributed by atoms with Gasteiger partial charge in [-0.25, -0.2) is 0 Å². The average molecular weight is 234 g/mol. The molecule has 0 aromatic heterocycles. The van der Waals surface area contributed by atoms with Crippen molar-refractivity contribution in [1.82, 2.24) is 0 Å². The molecule has 17 heavy (non-hydrogen) atoms. The Bertz CT molecular complexity index is 361. The van der Waals surface area contributed by atoms with E-state index >= 15 is 0 Å². The number of aryl methyl sites for hydroxylation is 1. The molecule has 1 aromatic rings. The Balaban J connectivity index is 2.56. The molecule has 0 amide bonds. The van der Waals surface area contributed by atoms with E-state index in [-0.39, 0.29) is 17.8 Å². The molecule has 0 unspecified atom stereocenters. The molecule has 0 aliphatic rings. The predicted molar refractivity (Wildman–Crippen MR) is 70.4 cm³/mol. The fraction of sp³-hybridized carbons (Fsp3) is 0.533. The van der Waals surface area contributed by atoms with Gasteiger partial charge in [0.05, 0.1) is 0 Å². The lowest BCUT2D eigenvalue weighted by Crippen LogP contribution is -2.31. The molecule has 94 valence electrons. The summed E-state index contributed by atoms with van der Waals surface area (Å²) in [5.41, 5.74) is 0.945. The number of Topliss-reactive ketones (excluding diaryl/α,β-unsaturated/α-hetero) is 1. The number of carbonyl (C=O) groups excluding carboxylic acids is 1. The number of ketones is 1. The minimum absolute atomic E-state index is 0.168. The van der Waals surface area contributed by atoms with Crippen LogP contribution in [0.2, 0.25) is 0 Å².